The number of likely N-dealkylation sites (tertiary alicyclic amines) is 1. The van der Waals surface area contributed by atoms with Crippen molar-refractivity contribution in [3.8, 4) is 0 Å². The van der Waals surface area contributed by atoms with Crippen molar-refractivity contribution in [3.63, 3.8) is 0 Å². The summed E-state index contributed by atoms with van der Waals surface area (Å²) in [7, 11) is 0. The zero-order valence-electron chi connectivity index (χ0n) is 11.2. The van der Waals surface area contributed by atoms with Gasteiger partial charge in [0, 0.05) is 17.8 Å². The molecule has 0 aliphatic carbocycles. The number of rotatable bonds is 4. The molecule has 1 saturated heterocycles. The van der Waals surface area contributed by atoms with E-state index in [9.17, 15) is 5.11 Å². The van der Waals surface area contributed by atoms with Crippen LogP contribution in [0.3, 0.4) is 0 Å². The van der Waals surface area contributed by atoms with Gasteiger partial charge >= 0.3 is 0 Å². The first-order valence-electron chi connectivity index (χ1n) is 6.95. The van der Waals surface area contributed by atoms with Crippen molar-refractivity contribution in [3.05, 3.63) is 29.8 Å². The monoisotopic (exact) mass is 248 g/mol. The zero-order chi connectivity index (χ0) is 13.0. The Morgan fingerprint density at radius 1 is 1.33 bits per heavy atom. The predicted molar refractivity (Wildman–Crippen MR) is 75.3 cm³/mol. The van der Waals surface area contributed by atoms with Crippen LogP contribution in [-0.4, -0.2) is 29.6 Å². The Morgan fingerprint density at radius 2 is 2.00 bits per heavy atom. The van der Waals surface area contributed by atoms with E-state index in [1.165, 1.54) is 19.3 Å². The minimum Gasteiger partial charge on any atom is -0.398 e. The quantitative estimate of drug-likeness (QED) is 0.805. The Hall–Kier alpha value is -1.06. The number of nitrogen functional groups attached to an aromatic ring is 1. The maximum atomic E-state index is 10.3. The third-order valence-electron chi connectivity index (χ3n) is 4.07. The third-order valence-corrected chi connectivity index (χ3v) is 4.07. The van der Waals surface area contributed by atoms with Gasteiger partial charge in [-0.15, -0.1) is 0 Å². The van der Waals surface area contributed by atoms with Crippen LogP contribution < -0.4 is 5.73 Å². The van der Waals surface area contributed by atoms with Crippen molar-refractivity contribution in [2.45, 2.75) is 32.3 Å². The lowest BCUT2D eigenvalue weighted by Gasteiger charge is -2.33. The molecule has 18 heavy (non-hydrogen) atoms. The molecule has 3 heteroatoms. The van der Waals surface area contributed by atoms with Crippen LogP contribution in [-0.2, 0) is 0 Å². The van der Waals surface area contributed by atoms with E-state index in [-0.39, 0.29) is 0 Å². The minimum absolute atomic E-state index is 0.468. The molecule has 3 N–H and O–H groups in total. The average molecular weight is 248 g/mol. The molecule has 0 aromatic heterocycles. The van der Waals surface area contributed by atoms with Crippen LogP contribution in [0.15, 0.2) is 24.3 Å². The molecule has 2 rings (SSSR count). The summed E-state index contributed by atoms with van der Waals surface area (Å²) in [5, 5.41) is 10.3. The minimum atomic E-state index is -0.468. The van der Waals surface area contributed by atoms with Gasteiger partial charge in [0.15, 0.2) is 0 Å². The molecule has 0 spiro atoms. The number of nitrogens with two attached hydrogens (primary N) is 1. The largest absolute Gasteiger partial charge is 0.398 e. The molecule has 1 atom stereocenters. The SMILES string of the molecule is CCC1CCN(CC(O)c2ccccc2N)CC1. The second kappa shape index (κ2) is 6.21. The smallest absolute Gasteiger partial charge is 0.0936 e. The molecular weight excluding hydrogens is 224 g/mol. The summed E-state index contributed by atoms with van der Waals surface area (Å²) in [4.78, 5) is 2.35. The van der Waals surface area contributed by atoms with E-state index in [2.05, 4.69) is 11.8 Å². The van der Waals surface area contributed by atoms with Gasteiger partial charge in [-0.05, 0) is 37.9 Å². The lowest BCUT2D eigenvalue weighted by Crippen LogP contribution is -2.36. The molecule has 1 heterocycles. The summed E-state index contributed by atoms with van der Waals surface area (Å²) < 4.78 is 0. The molecule has 0 bridgehead atoms. The maximum absolute atomic E-state index is 10.3. The highest BCUT2D eigenvalue weighted by atomic mass is 16.3. The molecule has 1 fully saturated rings. The van der Waals surface area contributed by atoms with Crippen molar-refractivity contribution in [2.24, 2.45) is 5.92 Å². The number of piperidine rings is 1. The number of β-amino-alcohol motifs (C(OH)–C–C–N with tert-alkyl or cyclic N) is 1. The highest BCUT2D eigenvalue weighted by Crippen LogP contribution is 2.24. The molecule has 1 unspecified atom stereocenters. The number of hydrogen-bond acceptors (Lipinski definition) is 3. The lowest BCUT2D eigenvalue weighted by atomic mass is 9.94. The summed E-state index contributed by atoms with van der Waals surface area (Å²) in [6, 6.07) is 7.59. The molecular formula is C15H24N2O. The predicted octanol–water partition coefficient (Wildman–Crippen LogP) is 2.42. The van der Waals surface area contributed by atoms with E-state index in [1.54, 1.807) is 0 Å². The second-order valence-corrected chi connectivity index (χ2v) is 5.30. The number of hydrogen-bond donors (Lipinski definition) is 2. The van der Waals surface area contributed by atoms with Crippen LogP contribution in [0.2, 0.25) is 0 Å². The van der Waals surface area contributed by atoms with Gasteiger partial charge in [-0.3, -0.25) is 0 Å². The van der Waals surface area contributed by atoms with E-state index >= 15 is 0 Å². The summed E-state index contributed by atoms with van der Waals surface area (Å²) in [5.41, 5.74) is 7.44. The van der Waals surface area contributed by atoms with Gasteiger partial charge in [-0.1, -0.05) is 31.5 Å². The van der Waals surface area contributed by atoms with E-state index in [0.29, 0.717) is 12.2 Å². The van der Waals surface area contributed by atoms with Crippen LogP contribution in [0, 0.1) is 5.92 Å². The molecule has 0 amide bonds. The van der Waals surface area contributed by atoms with Crippen LogP contribution in [0.25, 0.3) is 0 Å². The topological polar surface area (TPSA) is 49.5 Å². The van der Waals surface area contributed by atoms with E-state index in [1.807, 2.05) is 24.3 Å². The second-order valence-electron chi connectivity index (χ2n) is 5.30. The number of nitrogens with zero attached hydrogens (tertiary/aromatic N) is 1. The fourth-order valence-corrected chi connectivity index (χ4v) is 2.73. The summed E-state index contributed by atoms with van der Waals surface area (Å²) in [6.45, 7) is 5.16. The van der Waals surface area contributed by atoms with Crippen molar-refractivity contribution in [2.75, 3.05) is 25.4 Å². The van der Waals surface area contributed by atoms with Crippen molar-refractivity contribution in [1.29, 1.82) is 0 Å². The number of anilines is 1. The Bertz CT molecular complexity index is 373. The number of para-hydroxylation sites is 1. The van der Waals surface area contributed by atoms with Crippen LogP contribution in [0.4, 0.5) is 5.69 Å². The first-order valence-corrected chi connectivity index (χ1v) is 6.95. The van der Waals surface area contributed by atoms with Gasteiger partial charge in [-0.2, -0.15) is 0 Å². The standard InChI is InChI=1S/C15H24N2O/c1-2-12-7-9-17(10-8-12)11-15(18)13-5-3-4-6-14(13)16/h3-6,12,15,18H,2,7-11,16H2,1H3. The van der Waals surface area contributed by atoms with E-state index < -0.39 is 6.10 Å². The van der Waals surface area contributed by atoms with Gasteiger partial charge in [-0.25, -0.2) is 0 Å². The molecule has 1 aromatic carbocycles. The Kier molecular flexibility index (Phi) is 4.61. The third kappa shape index (κ3) is 3.24. The van der Waals surface area contributed by atoms with Gasteiger partial charge in [0.05, 0.1) is 6.10 Å². The Labute approximate surface area is 110 Å². The molecule has 100 valence electrons. The first-order chi connectivity index (χ1) is 8.70. The van der Waals surface area contributed by atoms with E-state index in [0.717, 1.165) is 24.6 Å². The van der Waals surface area contributed by atoms with Crippen molar-refractivity contribution in [1.82, 2.24) is 4.90 Å². The average Bonchev–Trinajstić information content (AvgIpc) is 2.40. The van der Waals surface area contributed by atoms with Crippen LogP contribution in [0.1, 0.15) is 37.9 Å². The fraction of sp³-hybridized carbons (Fsp3) is 0.600. The Balaban J connectivity index is 1.89. The van der Waals surface area contributed by atoms with Gasteiger partial charge in [0.2, 0.25) is 0 Å². The zero-order valence-corrected chi connectivity index (χ0v) is 11.2. The highest BCUT2D eigenvalue weighted by Gasteiger charge is 2.21. The van der Waals surface area contributed by atoms with Gasteiger partial charge < -0.3 is 15.7 Å². The maximum Gasteiger partial charge on any atom is 0.0936 e. The molecule has 1 aromatic rings. The van der Waals surface area contributed by atoms with Crippen LogP contribution >= 0.6 is 0 Å². The first kappa shape index (κ1) is 13.4. The lowest BCUT2D eigenvalue weighted by molar-refractivity contribution is 0.0892. The summed E-state index contributed by atoms with van der Waals surface area (Å²) >= 11 is 0. The van der Waals surface area contributed by atoms with E-state index in [4.69, 9.17) is 5.73 Å². The van der Waals surface area contributed by atoms with Gasteiger partial charge in [0.1, 0.15) is 0 Å². The number of benzene rings is 1. The molecule has 1 aliphatic heterocycles. The molecule has 0 saturated carbocycles. The highest BCUT2D eigenvalue weighted by molar-refractivity contribution is 5.47. The number of aliphatic hydroxyl groups excluding tert-OH is 1. The summed E-state index contributed by atoms with van der Waals surface area (Å²) in [5.74, 6) is 0.875. The van der Waals surface area contributed by atoms with Crippen LogP contribution in [0.5, 0.6) is 0 Å². The number of aliphatic hydroxyl groups is 1. The van der Waals surface area contributed by atoms with Crippen molar-refractivity contribution < 1.29 is 5.11 Å². The van der Waals surface area contributed by atoms with Crippen molar-refractivity contribution >= 4 is 5.69 Å². The molecule has 1 aliphatic rings. The molecule has 3 nitrogen and oxygen atoms in total. The Morgan fingerprint density at radius 3 is 2.61 bits per heavy atom. The summed E-state index contributed by atoms with van der Waals surface area (Å²) in [6.07, 6.45) is 3.33. The van der Waals surface area contributed by atoms with Gasteiger partial charge in [0.25, 0.3) is 0 Å². The fourth-order valence-electron chi connectivity index (χ4n) is 2.73. The normalized spacial score (nSPS) is 19.9. The molecule has 0 radical (unpaired) electrons.